The van der Waals surface area contributed by atoms with Crippen LogP contribution < -0.4 is 0 Å². The van der Waals surface area contributed by atoms with Gasteiger partial charge >= 0.3 is 0 Å². The molecular weight excluding hydrogens is 92.1 g/mol. The molecule has 0 aliphatic heterocycles. The molecule has 0 amide bonds. The molecule has 0 saturated heterocycles. The molecule has 2 heteroatoms. The van der Waals surface area contributed by atoms with Gasteiger partial charge in [-0.15, -0.1) is 0 Å². The molecule has 0 atom stereocenters. The average Bonchev–Trinajstić information content (AvgIpc) is 1.65. The molecule has 0 rings (SSSR count). The first kappa shape index (κ1) is 5.99. The van der Waals surface area contributed by atoms with Gasteiger partial charge in [0.1, 0.15) is 0 Å². The van der Waals surface area contributed by atoms with Gasteiger partial charge in [0.2, 0.25) is 5.76 Å². The van der Waals surface area contributed by atoms with Crippen LogP contribution >= 0.6 is 0 Å². The van der Waals surface area contributed by atoms with Crippen LogP contribution in [0.4, 0.5) is 0 Å². The van der Waals surface area contributed by atoms with E-state index >= 15 is 0 Å². The number of aliphatic hydroxyl groups excluding tert-OH is 1. The summed E-state index contributed by atoms with van der Waals surface area (Å²) in [4.78, 5) is 9.47. The topological polar surface area (TPSA) is 37.3 Å². The van der Waals surface area contributed by atoms with Crippen LogP contribution in [0.2, 0.25) is 0 Å². The molecule has 2 nitrogen and oxygen atoms in total. The minimum atomic E-state index is -0.403. The molecule has 0 fully saturated rings. The molecule has 7 heavy (non-hydrogen) atoms. The molecule has 0 aliphatic rings. The fourth-order valence-electron chi connectivity index (χ4n) is 0.0871. The zero-order valence-electron chi connectivity index (χ0n) is 4.06. The van der Waals surface area contributed by atoms with Gasteiger partial charge in [-0.3, -0.25) is 0 Å². The minimum absolute atomic E-state index is 0.343. The molecule has 0 aromatic rings. The zero-order valence-corrected chi connectivity index (χ0v) is 4.06. The molecule has 0 aliphatic carbocycles. The van der Waals surface area contributed by atoms with E-state index in [4.69, 9.17) is 5.11 Å². The molecule has 1 N–H and O–H groups in total. The Labute approximate surface area is 41.8 Å². The number of hydrogen-bond acceptors (Lipinski definition) is 2. The van der Waals surface area contributed by atoms with Crippen LogP contribution in [0.1, 0.15) is 6.92 Å². The standard InChI is InChI=1S/C5H6O2/c1-4(2)5(7)3-6/h7H,1H2,2H3. The molecule has 0 heterocycles. The lowest BCUT2D eigenvalue weighted by Gasteiger charge is -1.84. The number of allylic oxidation sites excluding steroid dienone is 1. The Hall–Kier alpha value is -1.01. The Kier molecular flexibility index (Phi) is 1.89. The third-order valence-electron chi connectivity index (χ3n) is 0.501. The van der Waals surface area contributed by atoms with E-state index in [0.717, 1.165) is 0 Å². The van der Waals surface area contributed by atoms with Gasteiger partial charge in [-0.1, -0.05) is 6.58 Å². The van der Waals surface area contributed by atoms with Crippen molar-refractivity contribution < 1.29 is 9.90 Å². The highest BCUT2D eigenvalue weighted by Gasteiger charge is 1.88. The predicted octanol–water partition coefficient (Wildman–Crippen LogP) is 0.836. The number of hydrogen-bond donors (Lipinski definition) is 1. The largest absolute Gasteiger partial charge is 0.499 e. The lowest BCUT2D eigenvalue weighted by molar-refractivity contribution is 0.423. The van der Waals surface area contributed by atoms with Crippen LogP contribution in [-0.2, 0) is 4.79 Å². The van der Waals surface area contributed by atoms with Gasteiger partial charge in [0, 0.05) is 0 Å². The van der Waals surface area contributed by atoms with Crippen molar-refractivity contribution in [2.75, 3.05) is 0 Å². The fourth-order valence-corrected chi connectivity index (χ4v) is 0.0871. The van der Waals surface area contributed by atoms with Crippen LogP contribution in [-0.4, -0.2) is 11.0 Å². The maximum absolute atomic E-state index is 9.47. The molecule has 0 spiro atoms. The quantitative estimate of drug-likeness (QED) is 0.299. The molecule has 38 valence electrons. The van der Waals surface area contributed by atoms with Gasteiger partial charge < -0.3 is 5.11 Å². The van der Waals surface area contributed by atoms with Crippen molar-refractivity contribution in [3.05, 3.63) is 17.9 Å². The lowest BCUT2D eigenvalue weighted by atomic mass is 10.3. The second-order valence-corrected chi connectivity index (χ2v) is 1.23. The number of rotatable bonds is 1. The summed E-state index contributed by atoms with van der Waals surface area (Å²) >= 11 is 0. The van der Waals surface area contributed by atoms with E-state index in [9.17, 15) is 4.79 Å². The summed E-state index contributed by atoms with van der Waals surface area (Å²) in [7, 11) is 0. The summed E-state index contributed by atoms with van der Waals surface area (Å²) in [5, 5.41) is 8.33. The van der Waals surface area contributed by atoms with Crippen molar-refractivity contribution in [2.45, 2.75) is 6.92 Å². The number of aliphatic hydroxyl groups is 1. The van der Waals surface area contributed by atoms with Gasteiger partial charge in [0.05, 0.1) is 0 Å². The molecule has 0 aromatic carbocycles. The smallest absolute Gasteiger partial charge is 0.203 e. The van der Waals surface area contributed by atoms with Gasteiger partial charge in [-0.05, 0) is 12.5 Å². The van der Waals surface area contributed by atoms with Gasteiger partial charge in [-0.2, -0.15) is 0 Å². The first-order chi connectivity index (χ1) is 3.18. The molecule has 0 aromatic heterocycles. The van der Waals surface area contributed by atoms with E-state index in [1.807, 2.05) is 0 Å². The summed E-state index contributed by atoms with van der Waals surface area (Å²) in [6.45, 7) is 4.80. The van der Waals surface area contributed by atoms with Crippen molar-refractivity contribution in [1.82, 2.24) is 0 Å². The van der Waals surface area contributed by atoms with Crippen LogP contribution in [0.3, 0.4) is 0 Å². The number of carbonyl (C=O) groups excluding carboxylic acids is 1. The second kappa shape index (κ2) is 2.21. The van der Waals surface area contributed by atoms with Crippen molar-refractivity contribution in [1.29, 1.82) is 0 Å². The van der Waals surface area contributed by atoms with E-state index in [1.165, 1.54) is 12.9 Å². The van der Waals surface area contributed by atoms with Gasteiger partial charge in [-0.25, -0.2) is 4.79 Å². The lowest BCUT2D eigenvalue weighted by Crippen LogP contribution is -1.78. The minimum Gasteiger partial charge on any atom is -0.499 e. The van der Waals surface area contributed by atoms with E-state index in [-0.39, 0.29) is 0 Å². The fraction of sp³-hybridized carbons (Fsp3) is 0.200. The molecule has 0 bridgehead atoms. The van der Waals surface area contributed by atoms with Crippen LogP contribution in [0.5, 0.6) is 0 Å². The summed E-state index contributed by atoms with van der Waals surface area (Å²) in [5.74, 6) is 0.884. The summed E-state index contributed by atoms with van der Waals surface area (Å²) in [5.41, 5.74) is 0.343. The Balaban J connectivity index is 4.10. The highest BCUT2D eigenvalue weighted by molar-refractivity contribution is 5.55. The molecule has 0 unspecified atom stereocenters. The third kappa shape index (κ3) is 1.79. The van der Waals surface area contributed by atoms with Crippen molar-refractivity contribution >= 4 is 5.94 Å². The zero-order chi connectivity index (χ0) is 5.86. The first-order valence-electron chi connectivity index (χ1n) is 1.78. The summed E-state index contributed by atoms with van der Waals surface area (Å²) < 4.78 is 0. The molecule has 0 saturated carbocycles. The maximum atomic E-state index is 9.47. The highest BCUT2D eigenvalue weighted by Crippen LogP contribution is 1.93. The van der Waals surface area contributed by atoms with E-state index in [2.05, 4.69) is 6.58 Å². The SMILES string of the molecule is C=C(C)C(O)=C=O. The summed E-state index contributed by atoms with van der Waals surface area (Å²) in [6, 6.07) is 0. The average molecular weight is 98.1 g/mol. The molecule has 0 radical (unpaired) electrons. The monoisotopic (exact) mass is 98.0 g/mol. The normalized spacial score (nSPS) is 7.00. The molecular formula is C5H6O2. The highest BCUT2D eigenvalue weighted by atomic mass is 16.3. The Morgan fingerprint density at radius 3 is 2.29 bits per heavy atom. The first-order valence-corrected chi connectivity index (χ1v) is 1.78. The Morgan fingerprint density at radius 1 is 1.86 bits per heavy atom. The van der Waals surface area contributed by atoms with E-state index < -0.39 is 5.76 Å². The summed E-state index contributed by atoms with van der Waals surface area (Å²) in [6.07, 6.45) is 0. The second-order valence-electron chi connectivity index (χ2n) is 1.23. The third-order valence-corrected chi connectivity index (χ3v) is 0.501. The van der Waals surface area contributed by atoms with Crippen molar-refractivity contribution in [3.63, 3.8) is 0 Å². The predicted molar refractivity (Wildman–Crippen MR) is 26.6 cm³/mol. The van der Waals surface area contributed by atoms with E-state index in [0.29, 0.717) is 5.57 Å². The van der Waals surface area contributed by atoms with E-state index in [1.54, 1.807) is 0 Å². The Morgan fingerprint density at radius 2 is 2.29 bits per heavy atom. The van der Waals surface area contributed by atoms with Gasteiger partial charge in [0.25, 0.3) is 0 Å². The van der Waals surface area contributed by atoms with Crippen molar-refractivity contribution in [3.8, 4) is 0 Å². The van der Waals surface area contributed by atoms with Crippen molar-refractivity contribution in [2.24, 2.45) is 0 Å². The van der Waals surface area contributed by atoms with Gasteiger partial charge in [0.15, 0.2) is 5.94 Å². The maximum Gasteiger partial charge on any atom is 0.203 e. The van der Waals surface area contributed by atoms with Crippen LogP contribution in [0.25, 0.3) is 0 Å². The Bertz CT molecular complexity index is 129. The van der Waals surface area contributed by atoms with Crippen LogP contribution in [0.15, 0.2) is 17.9 Å². The van der Waals surface area contributed by atoms with Crippen LogP contribution in [0, 0.1) is 0 Å².